The van der Waals surface area contributed by atoms with Crippen LogP contribution in [-0.2, 0) is 16.5 Å². The van der Waals surface area contributed by atoms with E-state index in [1.807, 2.05) is 0 Å². The van der Waals surface area contributed by atoms with Gasteiger partial charge in [0.2, 0.25) is 0 Å². The summed E-state index contributed by atoms with van der Waals surface area (Å²) in [5.41, 5.74) is 0.155. The molecule has 0 aromatic carbocycles. The fourth-order valence-corrected chi connectivity index (χ4v) is 1.70. The minimum Gasteiger partial charge on any atom is -0.481 e. The molecule has 0 atom stereocenters. The molecule has 0 radical (unpaired) electrons. The Bertz CT molecular complexity index is 371. The Balaban J connectivity index is 3.19. The van der Waals surface area contributed by atoms with Gasteiger partial charge in [-0.05, 0) is 11.1 Å². The lowest BCUT2D eigenvalue weighted by molar-refractivity contribution is -0.136. The SMILES string of the molecule is O=C(O)Cc1cncc(CBr)c1C(F)F. The predicted molar refractivity (Wildman–Crippen MR) is 53.2 cm³/mol. The minimum atomic E-state index is -2.69. The maximum Gasteiger partial charge on any atom is 0.307 e. The number of nitrogens with zero attached hydrogens (tertiary/aromatic N) is 1. The first-order valence-electron chi connectivity index (χ1n) is 4.07. The summed E-state index contributed by atoms with van der Waals surface area (Å²) in [6.07, 6.45) is -0.647. The number of halogens is 3. The van der Waals surface area contributed by atoms with Crippen LogP contribution in [0.15, 0.2) is 12.4 Å². The first kappa shape index (κ1) is 12.0. The van der Waals surface area contributed by atoms with Gasteiger partial charge in [0, 0.05) is 23.3 Å². The molecule has 0 aliphatic carbocycles. The molecule has 1 rings (SSSR count). The van der Waals surface area contributed by atoms with Crippen molar-refractivity contribution in [2.75, 3.05) is 0 Å². The van der Waals surface area contributed by atoms with Gasteiger partial charge >= 0.3 is 5.97 Å². The number of aromatic nitrogens is 1. The highest BCUT2D eigenvalue weighted by Crippen LogP contribution is 2.27. The molecule has 6 heteroatoms. The molecule has 82 valence electrons. The third-order valence-electron chi connectivity index (χ3n) is 1.86. The molecule has 0 bridgehead atoms. The van der Waals surface area contributed by atoms with Crippen LogP contribution in [-0.4, -0.2) is 16.1 Å². The van der Waals surface area contributed by atoms with Gasteiger partial charge in [-0.25, -0.2) is 8.78 Å². The van der Waals surface area contributed by atoms with Gasteiger partial charge in [0.05, 0.1) is 6.42 Å². The van der Waals surface area contributed by atoms with Gasteiger partial charge < -0.3 is 5.11 Å². The zero-order valence-electron chi connectivity index (χ0n) is 7.58. The topological polar surface area (TPSA) is 50.2 Å². The van der Waals surface area contributed by atoms with Crippen LogP contribution in [0.2, 0.25) is 0 Å². The zero-order valence-corrected chi connectivity index (χ0v) is 9.17. The summed E-state index contributed by atoms with van der Waals surface area (Å²) >= 11 is 3.06. The number of carbonyl (C=O) groups is 1. The Morgan fingerprint density at radius 1 is 1.47 bits per heavy atom. The molecule has 0 amide bonds. The molecule has 1 aromatic rings. The number of aliphatic carboxylic acids is 1. The number of carboxylic acid groups (broad SMARTS) is 1. The summed E-state index contributed by atoms with van der Waals surface area (Å²) in [6.45, 7) is 0. The third kappa shape index (κ3) is 2.95. The molecular weight excluding hydrogens is 272 g/mol. The van der Waals surface area contributed by atoms with Gasteiger partial charge in [-0.15, -0.1) is 0 Å². The lowest BCUT2D eigenvalue weighted by Crippen LogP contribution is -2.07. The highest BCUT2D eigenvalue weighted by atomic mass is 79.9. The normalized spacial score (nSPS) is 10.7. The minimum absolute atomic E-state index is 0.0643. The van der Waals surface area contributed by atoms with E-state index in [9.17, 15) is 13.6 Å². The molecule has 0 fully saturated rings. The monoisotopic (exact) mass is 279 g/mol. The summed E-state index contributed by atoms with van der Waals surface area (Å²) in [7, 11) is 0. The summed E-state index contributed by atoms with van der Waals surface area (Å²) < 4.78 is 25.4. The summed E-state index contributed by atoms with van der Waals surface area (Å²) in [4.78, 5) is 14.2. The average molecular weight is 280 g/mol. The second-order valence-corrected chi connectivity index (χ2v) is 3.44. The van der Waals surface area contributed by atoms with Gasteiger partial charge in [0.25, 0.3) is 6.43 Å². The van der Waals surface area contributed by atoms with E-state index < -0.39 is 18.8 Å². The Morgan fingerprint density at radius 2 is 2.07 bits per heavy atom. The Morgan fingerprint density at radius 3 is 2.53 bits per heavy atom. The molecule has 0 spiro atoms. The van der Waals surface area contributed by atoms with E-state index in [1.54, 1.807) is 0 Å². The van der Waals surface area contributed by atoms with Crippen molar-refractivity contribution in [3.05, 3.63) is 29.1 Å². The van der Waals surface area contributed by atoms with Crippen molar-refractivity contribution >= 4 is 21.9 Å². The number of hydrogen-bond acceptors (Lipinski definition) is 2. The highest BCUT2D eigenvalue weighted by Gasteiger charge is 2.19. The van der Waals surface area contributed by atoms with Crippen LogP contribution in [0.25, 0.3) is 0 Å². The molecule has 3 nitrogen and oxygen atoms in total. The average Bonchev–Trinajstić information content (AvgIpc) is 2.15. The van der Waals surface area contributed by atoms with Crippen LogP contribution in [0.3, 0.4) is 0 Å². The maximum atomic E-state index is 12.7. The van der Waals surface area contributed by atoms with Gasteiger partial charge in [-0.3, -0.25) is 9.78 Å². The van der Waals surface area contributed by atoms with Crippen molar-refractivity contribution in [2.24, 2.45) is 0 Å². The van der Waals surface area contributed by atoms with E-state index in [2.05, 4.69) is 20.9 Å². The second-order valence-electron chi connectivity index (χ2n) is 2.88. The van der Waals surface area contributed by atoms with E-state index in [0.717, 1.165) is 0 Å². The Kier molecular flexibility index (Phi) is 4.14. The fraction of sp³-hybridized carbons (Fsp3) is 0.333. The van der Waals surface area contributed by atoms with Gasteiger partial charge in [0.1, 0.15) is 0 Å². The van der Waals surface area contributed by atoms with Crippen molar-refractivity contribution in [3.8, 4) is 0 Å². The zero-order chi connectivity index (χ0) is 11.4. The third-order valence-corrected chi connectivity index (χ3v) is 2.46. The van der Waals surface area contributed by atoms with Crippen LogP contribution in [0.4, 0.5) is 8.78 Å². The summed E-state index contributed by atoms with van der Waals surface area (Å²) in [5, 5.41) is 8.78. The largest absolute Gasteiger partial charge is 0.481 e. The molecule has 1 aromatic heterocycles. The van der Waals surface area contributed by atoms with Crippen LogP contribution in [0.5, 0.6) is 0 Å². The van der Waals surface area contributed by atoms with Crippen molar-refractivity contribution in [1.82, 2.24) is 4.98 Å². The maximum absolute atomic E-state index is 12.7. The van der Waals surface area contributed by atoms with Crippen LogP contribution in [0.1, 0.15) is 23.1 Å². The van der Waals surface area contributed by atoms with E-state index in [0.29, 0.717) is 5.56 Å². The number of carboxylic acids is 1. The number of pyridine rings is 1. The van der Waals surface area contributed by atoms with Crippen molar-refractivity contribution in [2.45, 2.75) is 18.2 Å². The lowest BCUT2D eigenvalue weighted by Gasteiger charge is -2.10. The molecule has 0 saturated heterocycles. The Labute approximate surface area is 93.3 Å². The van der Waals surface area contributed by atoms with Crippen molar-refractivity contribution in [1.29, 1.82) is 0 Å². The molecule has 1 heterocycles. The molecular formula is C9H8BrF2NO2. The first-order valence-corrected chi connectivity index (χ1v) is 5.20. The van der Waals surface area contributed by atoms with Gasteiger partial charge in [-0.2, -0.15) is 0 Å². The van der Waals surface area contributed by atoms with Crippen LogP contribution in [0, 0.1) is 0 Å². The van der Waals surface area contributed by atoms with E-state index in [4.69, 9.17) is 5.11 Å². The van der Waals surface area contributed by atoms with Crippen LogP contribution < -0.4 is 0 Å². The summed E-state index contributed by atoms with van der Waals surface area (Å²) in [6, 6.07) is 0. The van der Waals surface area contributed by atoms with Crippen molar-refractivity contribution < 1.29 is 18.7 Å². The smallest absolute Gasteiger partial charge is 0.307 e. The van der Waals surface area contributed by atoms with Crippen molar-refractivity contribution in [3.63, 3.8) is 0 Å². The van der Waals surface area contributed by atoms with E-state index >= 15 is 0 Å². The summed E-state index contributed by atoms with van der Waals surface area (Å²) in [5.74, 6) is -1.15. The quantitative estimate of drug-likeness (QED) is 0.862. The van der Waals surface area contributed by atoms with E-state index in [-0.39, 0.29) is 16.5 Å². The molecule has 0 saturated carbocycles. The standard InChI is InChI=1S/C9H8BrF2NO2/c10-2-6-4-13-3-5(1-7(14)15)8(6)9(11)12/h3-4,9H,1-2H2,(H,14,15). The Hall–Kier alpha value is -1.04. The second kappa shape index (κ2) is 5.16. The molecule has 0 unspecified atom stereocenters. The predicted octanol–water partition coefficient (Wildman–Crippen LogP) is 2.54. The number of alkyl halides is 3. The van der Waals surface area contributed by atoms with Gasteiger partial charge in [0.15, 0.2) is 0 Å². The molecule has 15 heavy (non-hydrogen) atoms. The molecule has 0 aliphatic rings. The lowest BCUT2D eigenvalue weighted by atomic mass is 10.0. The molecule has 0 aliphatic heterocycles. The molecule has 1 N–H and O–H groups in total. The van der Waals surface area contributed by atoms with Gasteiger partial charge in [-0.1, -0.05) is 15.9 Å². The first-order chi connectivity index (χ1) is 7.06. The number of rotatable bonds is 4. The fourth-order valence-electron chi connectivity index (χ4n) is 1.25. The number of hydrogen-bond donors (Lipinski definition) is 1. The van der Waals surface area contributed by atoms with E-state index in [1.165, 1.54) is 12.4 Å². The highest BCUT2D eigenvalue weighted by molar-refractivity contribution is 9.08. The van der Waals surface area contributed by atoms with Crippen LogP contribution >= 0.6 is 15.9 Å².